The first kappa shape index (κ1) is 27.5. The molecule has 3 aromatic carbocycles. The maximum Gasteiger partial charge on any atom is 0.283 e. The summed E-state index contributed by atoms with van der Waals surface area (Å²) < 4.78 is 14.0. The number of para-hydroxylation sites is 2. The summed E-state index contributed by atoms with van der Waals surface area (Å²) in [5, 5.41) is 16.7. The maximum atomic E-state index is 13.0. The van der Waals surface area contributed by atoms with Gasteiger partial charge in [-0.3, -0.25) is 10.2 Å². The number of thioether (sulfide) groups is 1. The molecule has 0 radical (unpaired) electrons. The van der Waals surface area contributed by atoms with Crippen molar-refractivity contribution in [3.8, 4) is 11.5 Å². The van der Waals surface area contributed by atoms with Crippen molar-refractivity contribution in [3.05, 3.63) is 102 Å². The van der Waals surface area contributed by atoms with Crippen LogP contribution in [-0.4, -0.2) is 44.7 Å². The molecule has 42 heavy (non-hydrogen) atoms. The largest absolute Gasteiger partial charge is 0.492 e. The number of hydrazone groups is 1. The molecule has 1 amide bonds. The van der Waals surface area contributed by atoms with Crippen LogP contribution in [0.5, 0.6) is 11.5 Å². The molecule has 0 fully saturated rings. The number of amides is 1. The van der Waals surface area contributed by atoms with Gasteiger partial charge < -0.3 is 14.0 Å². The van der Waals surface area contributed by atoms with Gasteiger partial charge in [-0.25, -0.2) is 0 Å². The van der Waals surface area contributed by atoms with Gasteiger partial charge in [-0.05, 0) is 59.1 Å². The van der Waals surface area contributed by atoms with Gasteiger partial charge in [0.05, 0.1) is 12.1 Å². The van der Waals surface area contributed by atoms with Gasteiger partial charge in [-0.15, -0.1) is 0 Å². The van der Waals surface area contributed by atoms with E-state index in [4.69, 9.17) is 14.9 Å². The normalized spacial score (nSPS) is 16.1. The highest BCUT2D eigenvalue weighted by Gasteiger charge is 2.36. The van der Waals surface area contributed by atoms with Crippen molar-refractivity contribution < 1.29 is 14.3 Å². The van der Waals surface area contributed by atoms with Crippen LogP contribution in [0.4, 0.5) is 0 Å². The first-order chi connectivity index (χ1) is 20.3. The summed E-state index contributed by atoms with van der Waals surface area (Å²) in [4.78, 5) is 17.3. The highest BCUT2D eigenvalue weighted by atomic mass is 32.2. The molecule has 0 atom stereocenters. The van der Waals surface area contributed by atoms with E-state index in [0.717, 1.165) is 28.0 Å². The second kappa shape index (κ2) is 11.3. The molecule has 0 saturated carbocycles. The summed E-state index contributed by atoms with van der Waals surface area (Å²) in [6.07, 6.45) is 3.72. The number of aromatic nitrogens is 1. The zero-order valence-corrected chi connectivity index (χ0v) is 24.5. The molecule has 1 aromatic heterocycles. The highest BCUT2D eigenvalue weighted by Crippen LogP contribution is 2.31. The summed E-state index contributed by atoms with van der Waals surface area (Å²) in [5.41, 5.74) is 3.39. The number of fused-ring (bicyclic) bond motifs is 2. The number of nitrogens with zero attached hydrogens (tertiary/aromatic N) is 4. The van der Waals surface area contributed by atoms with E-state index in [1.807, 2.05) is 72.9 Å². The van der Waals surface area contributed by atoms with Crippen LogP contribution in [0.15, 0.2) is 101 Å². The zero-order valence-electron chi connectivity index (χ0n) is 23.7. The van der Waals surface area contributed by atoms with E-state index in [1.54, 1.807) is 6.08 Å². The fourth-order valence-corrected chi connectivity index (χ4v) is 5.59. The van der Waals surface area contributed by atoms with Crippen LogP contribution >= 0.6 is 11.8 Å². The third-order valence-corrected chi connectivity index (χ3v) is 7.92. The van der Waals surface area contributed by atoms with E-state index >= 15 is 0 Å². The number of benzene rings is 3. The summed E-state index contributed by atoms with van der Waals surface area (Å²) in [5.74, 6) is 1.08. The van der Waals surface area contributed by atoms with Crippen LogP contribution < -0.4 is 9.47 Å². The Morgan fingerprint density at radius 3 is 2.40 bits per heavy atom. The van der Waals surface area contributed by atoms with Crippen molar-refractivity contribution in [2.24, 2.45) is 10.1 Å². The molecule has 2 aliphatic rings. The molecule has 2 aliphatic heterocycles. The maximum absolute atomic E-state index is 13.0. The van der Waals surface area contributed by atoms with Gasteiger partial charge in [-0.1, -0.05) is 69.3 Å². The van der Waals surface area contributed by atoms with Crippen LogP contribution in [0.3, 0.4) is 0 Å². The minimum Gasteiger partial charge on any atom is -0.492 e. The molecule has 8 nitrogen and oxygen atoms in total. The predicted octanol–water partition coefficient (Wildman–Crippen LogP) is 6.72. The van der Waals surface area contributed by atoms with Gasteiger partial charge in [-0.2, -0.15) is 15.1 Å². The second-order valence-electron chi connectivity index (χ2n) is 11.0. The Morgan fingerprint density at radius 1 is 0.929 bits per heavy atom. The van der Waals surface area contributed by atoms with E-state index in [0.29, 0.717) is 23.4 Å². The standard InChI is InChI=1S/C33H31N5O3S/c1-33(2,3)23-13-15-25(16-14-23)40-18-17-37-20-22(26-11-7-8-12-28(26)37)19-27-30(34)38-32(35-31(27)39)42-29(36-38)21-41-24-9-5-4-6-10-24/h4-16,19-20,34H,17-18,21H2,1-3H3. The monoisotopic (exact) mass is 577 g/mol. The molecule has 0 unspecified atom stereocenters. The lowest BCUT2D eigenvalue weighted by atomic mass is 9.87. The van der Waals surface area contributed by atoms with E-state index in [9.17, 15) is 4.79 Å². The first-order valence-electron chi connectivity index (χ1n) is 13.7. The van der Waals surface area contributed by atoms with Crippen molar-refractivity contribution in [2.45, 2.75) is 32.7 Å². The SMILES string of the molecule is CC(C)(C)c1ccc(OCCn2cc(C=C3C(=N)N4N=C(COc5ccccc5)SC4=NC3=O)c3ccccc32)cc1. The molecular formula is C33H31N5O3S. The minimum atomic E-state index is -0.460. The Morgan fingerprint density at radius 2 is 1.64 bits per heavy atom. The quantitative estimate of drug-likeness (QED) is 0.235. The Bertz CT molecular complexity index is 1750. The number of rotatable bonds is 8. The van der Waals surface area contributed by atoms with Crippen molar-refractivity contribution in [3.63, 3.8) is 0 Å². The number of carbonyl (C=O) groups excluding carboxylic acids is 1. The highest BCUT2D eigenvalue weighted by molar-refractivity contribution is 8.27. The van der Waals surface area contributed by atoms with Crippen LogP contribution in [0.25, 0.3) is 17.0 Å². The Balaban J connectivity index is 1.18. The molecule has 0 aliphatic carbocycles. The smallest absolute Gasteiger partial charge is 0.283 e. The lowest BCUT2D eigenvalue weighted by molar-refractivity contribution is -0.114. The average molecular weight is 578 g/mol. The van der Waals surface area contributed by atoms with Gasteiger partial charge in [0.15, 0.2) is 5.84 Å². The van der Waals surface area contributed by atoms with Gasteiger partial charge in [0.25, 0.3) is 5.91 Å². The van der Waals surface area contributed by atoms with Gasteiger partial charge in [0, 0.05) is 22.7 Å². The van der Waals surface area contributed by atoms with Crippen molar-refractivity contribution in [1.29, 1.82) is 5.41 Å². The summed E-state index contributed by atoms with van der Waals surface area (Å²) in [6.45, 7) is 7.91. The number of hydrogen-bond acceptors (Lipinski definition) is 6. The molecule has 212 valence electrons. The predicted molar refractivity (Wildman–Crippen MR) is 170 cm³/mol. The van der Waals surface area contributed by atoms with Crippen molar-refractivity contribution in [1.82, 2.24) is 9.58 Å². The number of nitrogens with one attached hydrogen (secondary N) is 1. The van der Waals surface area contributed by atoms with Crippen LogP contribution in [0, 0.1) is 5.41 Å². The molecule has 0 bridgehead atoms. The minimum absolute atomic E-state index is 0.00826. The number of amidine groups is 2. The number of hydrogen-bond donors (Lipinski definition) is 1. The molecule has 4 aromatic rings. The molecule has 0 saturated heterocycles. The Hall–Kier alpha value is -4.63. The van der Waals surface area contributed by atoms with E-state index in [2.05, 4.69) is 47.6 Å². The lowest BCUT2D eigenvalue weighted by Gasteiger charge is -2.20. The molecule has 3 heterocycles. The third kappa shape index (κ3) is 5.73. The number of aliphatic imine (C=N–C) groups is 1. The molecule has 0 spiro atoms. The van der Waals surface area contributed by atoms with E-state index in [-0.39, 0.29) is 23.4 Å². The van der Waals surface area contributed by atoms with Gasteiger partial charge in [0.1, 0.15) is 29.8 Å². The van der Waals surface area contributed by atoms with Gasteiger partial charge in [0.2, 0.25) is 5.17 Å². The van der Waals surface area contributed by atoms with Crippen LogP contribution in [-0.2, 0) is 16.8 Å². The van der Waals surface area contributed by atoms with E-state index in [1.165, 1.54) is 22.3 Å². The lowest BCUT2D eigenvalue weighted by Crippen LogP contribution is -2.35. The van der Waals surface area contributed by atoms with Crippen molar-refractivity contribution in [2.75, 3.05) is 13.2 Å². The molecule has 6 rings (SSSR count). The topological polar surface area (TPSA) is 92.3 Å². The van der Waals surface area contributed by atoms with Crippen LogP contribution in [0.1, 0.15) is 31.9 Å². The fourth-order valence-electron chi connectivity index (χ4n) is 4.80. The summed E-state index contributed by atoms with van der Waals surface area (Å²) in [6, 6.07) is 25.7. The first-order valence-corrected chi connectivity index (χ1v) is 14.6. The zero-order chi connectivity index (χ0) is 29.3. The second-order valence-corrected chi connectivity index (χ2v) is 12.1. The Kier molecular flexibility index (Phi) is 7.43. The third-order valence-electron chi connectivity index (χ3n) is 7.04. The summed E-state index contributed by atoms with van der Waals surface area (Å²) in [7, 11) is 0. The molecule has 9 heteroatoms. The Labute approximate surface area is 248 Å². The summed E-state index contributed by atoms with van der Waals surface area (Å²) >= 11 is 1.24. The van der Waals surface area contributed by atoms with E-state index < -0.39 is 5.91 Å². The molecular weight excluding hydrogens is 546 g/mol. The van der Waals surface area contributed by atoms with Crippen molar-refractivity contribution >= 4 is 50.7 Å². The van der Waals surface area contributed by atoms with Crippen LogP contribution in [0.2, 0.25) is 0 Å². The number of carbonyl (C=O) groups is 1. The van der Waals surface area contributed by atoms with Gasteiger partial charge >= 0.3 is 0 Å². The fraction of sp³-hybridized carbons (Fsp3) is 0.212. The average Bonchev–Trinajstić information content (AvgIpc) is 3.56. The number of ether oxygens (including phenoxy) is 2. The molecule has 1 N–H and O–H groups in total.